The van der Waals surface area contributed by atoms with Crippen LogP contribution in [0.3, 0.4) is 0 Å². The smallest absolute Gasteiger partial charge is 0.241 e. The van der Waals surface area contributed by atoms with Crippen LogP contribution in [0, 0.1) is 6.92 Å². The first kappa shape index (κ1) is 12.3. The quantitative estimate of drug-likeness (QED) is 0.778. The third-order valence-electron chi connectivity index (χ3n) is 2.87. The molecule has 0 amide bonds. The van der Waals surface area contributed by atoms with Crippen LogP contribution >= 0.6 is 0 Å². The molecular formula is C11H16N2O3S. The number of rotatable bonds is 3. The fourth-order valence-corrected chi connectivity index (χ4v) is 3.36. The second kappa shape index (κ2) is 4.64. The molecule has 3 N–H and O–H groups in total. The lowest BCUT2D eigenvalue weighted by Crippen LogP contribution is -2.35. The summed E-state index contributed by atoms with van der Waals surface area (Å²) in [7, 11) is -3.51. The van der Waals surface area contributed by atoms with Crippen LogP contribution in [0.2, 0.25) is 0 Å². The van der Waals surface area contributed by atoms with Crippen molar-refractivity contribution in [2.45, 2.75) is 24.3 Å². The molecule has 17 heavy (non-hydrogen) atoms. The molecule has 1 aliphatic heterocycles. The summed E-state index contributed by atoms with van der Waals surface area (Å²) in [6, 6.07) is 4.75. The molecule has 5 nitrogen and oxygen atoms in total. The highest BCUT2D eigenvalue weighted by atomic mass is 32.2. The van der Waals surface area contributed by atoms with Gasteiger partial charge in [-0.05, 0) is 31.0 Å². The molecule has 1 atom stereocenters. The van der Waals surface area contributed by atoms with E-state index in [9.17, 15) is 8.42 Å². The summed E-state index contributed by atoms with van der Waals surface area (Å²) < 4.78 is 32.1. The molecule has 1 heterocycles. The topological polar surface area (TPSA) is 81.4 Å². The molecule has 1 unspecified atom stereocenters. The Kier molecular flexibility index (Phi) is 3.37. The van der Waals surface area contributed by atoms with Crippen LogP contribution in [0.25, 0.3) is 0 Å². The second-order valence-electron chi connectivity index (χ2n) is 4.15. The molecule has 0 radical (unpaired) electrons. The summed E-state index contributed by atoms with van der Waals surface area (Å²) in [5, 5.41) is 0. The molecule has 94 valence electrons. The fourth-order valence-electron chi connectivity index (χ4n) is 1.83. The van der Waals surface area contributed by atoms with Crippen LogP contribution in [-0.2, 0) is 14.8 Å². The Morgan fingerprint density at radius 1 is 1.47 bits per heavy atom. The predicted molar refractivity (Wildman–Crippen MR) is 65.1 cm³/mol. The maximum atomic E-state index is 12.1. The Bertz CT molecular complexity index is 507. The first-order valence-corrected chi connectivity index (χ1v) is 6.94. The van der Waals surface area contributed by atoms with Gasteiger partial charge in [0.05, 0.1) is 11.5 Å². The number of nitrogens with two attached hydrogens (primary N) is 1. The van der Waals surface area contributed by atoms with Gasteiger partial charge in [0.2, 0.25) is 10.0 Å². The molecular weight excluding hydrogens is 240 g/mol. The highest BCUT2D eigenvalue weighted by Crippen LogP contribution is 2.21. The minimum absolute atomic E-state index is 0.138. The molecule has 0 aromatic heterocycles. The molecule has 0 saturated carbocycles. The summed E-state index contributed by atoms with van der Waals surface area (Å²) in [6.07, 6.45) is 0.709. The van der Waals surface area contributed by atoms with Crippen molar-refractivity contribution in [3.05, 3.63) is 23.8 Å². The van der Waals surface area contributed by atoms with Crippen LogP contribution < -0.4 is 10.5 Å². The van der Waals surface area contributed by atoms with E-state index < -0.39 is 10.0 Å². The Morgan fingerprint density at radius 3 is 2.88 bits per heavy atom. The van der Waals surface area contributed by atoms with E-state index in [1.54, 1.807) is 25.1 Å². The predicted octanol–water partition coefficient (Wildman–Crippen LogP) is 0.644. The monoisotopic (exact) mass is 256 g/mol. The minimum Gasteiger partial charge on any atom is -0.398 e. The van der Waals surface area contributed by atoms with E-state index in [-0.39, 0.29) is 10.9 Å². The number of benzene rings is 1. The normalized spacial score (nSPS) is 20.6. The van der Waals surface area contributed by atoms with Crippen molar-refractivity contribution >= 4 is 15.7 Å². The zero-order chi connectivity index (χ0) is 12.5. The average molecular weight is 256 g/mol. The average Bonchev–Trinajstić information content (AvgIpc) is 2.73. The number of ether oxygens (including phenoxy) is 1. The molecule has 1 aromatic carbocycles. The third kappa shape index (κ3) is 2.59. The lowest BCUT2D eigenvalue weighted by molar-refractivity contribution is 0.192. The molecule has 0 spiro atoms. The first-order chi connectivity index (χ1) is 8.00. The van der Waals surface area contributed by atoms with E-state index in [1.165, 1.54) is 0 Å². The van der Waals surface area contributed by atoms with E-state index in [1.807, 2.05) is 0 Å². The van der Waals surface area contributed by atoms with Crippen molar-refractivity contribution in [3.63, 3.8) is 0 Å². The third-order valence-corrected chi connectivity index (χ3v) is 4.53. The SMILES string of the molecule is Cc1c(N)cccc1S(=O)(=O)NC1CCOC1. The Hall–Kier alpha value is -1.11. The van der Waals surface area contributed by atoms with Crippen molar-refractivity contribution in [2.75, 3.05) is 18.9 Å². The number of anilines is 1. The highest BCUT2D eigenvalue weighted by Gasteiger charge is 2.24. The van der Waals surface area contributed by atoms with E-state index >= 15 is 0 Å². The second-order valence-corrected chi connectivity index (χ2v) is 5.83. The van der Waals surface area contributed by atoms with Crippen molar-refractivity contribution in [1.82, 2.24) is 4.72 Å². The van der Waals surface area contributed by atoms with Gasteiger partial charge in [-0.3, -0.25) is 0 Å². The summed E-state index contributed by atoms with van der Waals surface area (Å²) in [6.45, 7) is 2.73. The molecule has 1 aromatic rings. The molecule has 6 heteroatoms. The number of sulfonamides is 1. The Morgan fingerprint density at radius 2 is 2.24 bits per heavy atom. The van der Waals surface area contributed by atoms with E-state index in [0.717, 1.165) is 0 Å². The van der Waals surface area contributed by atoms with Crippen LogP contribution in [0.15, 0.2) is 23.1 Å². The van der Waals surface area contributed by atoms with Gasteiger partial charge in [0, 0.05) is 18.3 Å². The maximum Gasteiger partial charge on any atom is 0.241 e. The molecule has 2 rings (SSSR count). The van der Waals surface area contributed by atoms with E-state index in [0.29, 0.717) is 30.9 Å². The van der Waals surface area contributed by atoms with Gasteiger partial charge in [0.1, 0.15) is 0 Å². The van der Waals surface area contributed by atoms with Gasteiger partial charge in [-0.15, -0.1) is 0 Å². The summed E-state index contributed by atoms with van der Waals surface area (Å²) in [4.78, 5) is 0.240. The van der Waals surface area contributed by atoms with Gasteiger partial charge in [0.25, 0.3) is 0 Å². The summed E-state index contributed by atoms with van der Waals surface area (Å²) in [5.41, 5.74) is 6.77. The molecule has 0 aliphatic carbocycles. The van der Waals surface area contributed by atoms with Gasteiger partial charge in [-0.1, -0.05) is 6.07 Å². The number of nitrogen functional groups attached to an aromatic ring is 1. The van der Waals surface area contributed by atoms with Crippen LogP contribution in [0.5, 0.6) is 0 Å². The van der Waals surface area contributed by atoms with Crippen LogP contribution in [-0.4, -0.2) is 27.7 Å². The van der Waals surface area contributed by atoms with Crippen LogP contribution in [0.4, 0.5) is 5.69 Å². The number of nitrogens with one attached hydrogen (secondary N) is 1. The van der Waals surface area contributed by atoms with E-state index in [2.05, 4.69) is 4.72 Å². The molecule has 1 fully saturated rings. The van der Waals surface area contributed by atoms with Gasteiger partial charge >= 0.3 is 0 Å². The number of hydrogen-bond donors (Lipinski definition) is 2. The highest BCUT2D eigenvalue weighted by molar-refractivity contribution is 7.89. The van der Waals surface area contributed by atoms with Crippen LogP contribution in [0.1, 0.15) is 12.0 Å². The van der Waals surface area contributed by atoms with Gasteiger partial charge in [0.15, 0.2) is 0 Å². The molecule has 0 bridgehead atoms. The van der Waals surface area contributed by atoms with Gasteiger partial charge < -0.3 is 10.5 Å². The van der Waals surface area contributed by atoms with Gasteiger partial charge in [-0.2, -0.15) is 0 Å². The van der Waals surface area contributed by atoms with E-state index in [4.69, 9.17) is 10.5 Å². The Balaban J connectivity index is 2.28. The van der Waals surface area contributed by atoms with Crippen molar-refractivity contribution < 1.29 is 13.2 Å². The largest absolute Gasteiger partial charge is 0.398 e. The van der Waals surface area contributed by atoms with Crippen molar-refractivity contribution in [3.8, 4) is 0 Å². The maximum absolute atomic E-state index is 12.1. The van der Waals surface area contributed by atoms with Crippen molar-refractivity contribution in [2.24, 2.45) is 0 Å². The lowest BCUT2D eigenvalue weighted by Gasteiger charge is -2.13. The molecule has 1 saturated heterocycles. The first-order valence-electron chi connectivity index (χ1n) is 5.46. The van der Waals surface area contributed by atoms with Crippen molar-refractivity contribution in [1.29, 1.82) is 0 Å². The van der Waals surface area contributed by atoms with Gasteiger partial charge in [-0.25, -0.2) is 13.1 Å². The standard InChI is InChI=1S/C11H16N2O3S/c1-8-10(12)3-2-4-11(8)17(14,15)13-9-5-6-16-7-9/h2-4,9,13H,5-7,12H2,1H3. The Labute approximate surface area is 101 Å². The lowest BCUT2D eigenvalue weighted by atomic mass is 10.2. The zero-order valence-corrected chi connectivity index (χ0v) is 10.5. The molecule has 1 aliphatic rings. The number of hydrogen-bond acceptors (Lipinski definition) is 4. The summed E-state index contributed by atoms with van der Waals surface area (Å²) in [5.74, 6) is 0. The zero-order valence-electron chi connectivity index (χ0n) is 9.64. The summed E-state index contributed by atoms with van der Waals surface area (Å²) >= 11 is 0. The fraction of sp³-hybridized carbons (Fsp3) is 0.455. The minimum atomic E-state index is -3.51.